The number of aliphatic carboxylic acids is 2. The van der Waals surface area contributed by atoms with E-state index >= 15 is 0 Å². The Morgan fingerprint density at radius 2 is 1.41 bits per heavy atom. The van der Waals surface area contributed by atoms with E-state index in [0.717, 1.165) is 0 Å². The highest BCUT2D eigenvalue weighted by Gasteiger charge is 2.31. The highest BCUT2D eigenvalue weighted by molar-refractivity contribution is 7.98. The van der Waals surface area contributed by atoms with E-state index < -0.39 is 66.2 Å². The molecule has 13 N–H and O–H groups in total. The third-order valence-corrected chi connectivity index (χ3v) is 5.50. The first-order valence-electron chi connectivity index (χ1n) is 11.2. The van der Waals surface area contributed by atoms with E-state index in [1.807, 2.05) is 0 Å². The number of nitrogens with zero attached hydrogens (tertiary/aromatic N) is 1. The first-order chi connectivity index (χ1) is 17.3. The van der Waals surface area contributed by atoms with E-state index in [4.69, 9.17) is 22.9 Å². The molecule has 0 saturated heterocycles. The summed E-state index contributed by atoms with van der Waals surface area (Å²) in [5, 5.41) is 25.4. The van der Waals surface area contributed by atoms with E-state index in [-0.39, 0.29) is 38.2 Å². The molecule has 37 heavy (non-hydrogen) atoms. The van der Waals surface area contributed by atoms with Crippen LogP contribution >= 0.6 is 11.8 Å². The number of carbonyl (C=O) groups excluding carboxylic acids is 4. The molecule has 0 aromatic carbocycles. The molecule has 0 fully saturated rings. The van der Waals surface area contributed by atoms with E-state index in [1.165, 1.54) is 11.8 Å². The van der Waals surface area contributed by atoms with Gasteiger partial charge in [-0.2, -0.15) is 11.8 Å². The molecule has 0 aliphatic carbocycles. The molecule has 0 heterocycles. The van der Waals surface area contributed by atoms with Crippen molar-refractivity contribution in [1.82, 2.24) is 16.0 Å². The molecule has 0 bridgehead atoms. The number of hydrogen-bond acceptors (Lipinski definition) is 9. The van der Waals surface area contributed by atoms with Gasteiger partial charge in [-0.3, -0.25) is 29.0 Å². The quantitative estimate of drug-likeness (QED) is 0.0429. The second kappa shape index (κ2) is 17.8. The lowest BCUT2D eigenvalue weighted by Gasteiger charge is -2.24. The molecule has 0 aliphatic heterocycles. The number of carboxylic acids is 2. The fraction of sp³-hybridized carbons (Fsp3) is 0.650. The first kappa shape index (κ1) is 33.4. The Labute approximate surface area is 217 Å². The number of nitrogens with one attached hydrogen (secondary N) is 3. The Morgan fingerprint density at radius 1 is 0.838 bits per heavy atom. The maximum absolute atomic E-state index is 12.8. The van der Waals surface area contributed by atoms with Crippen LogP contribution in [-0.2, 0) is 28.8 Å². The molecule has 0 rings (SSSR count). The van der Waals surface area contributed by atoms with Gasteiger partial charge in [0.05, 0.1) is 12.5 Å². The molecule has 0 aliphatic rings. The molecule has 0 radical (unpaired) electrons. The van der Waals surface area contributed by atoms with Crippen molar-refractivity contribution in [2.24, 2.45) is 27.9 Å². The van der Waals surface area contributed by atoms with Crippen molar-refractivity contribution >= 4 is 53.3 Å². The highest BCUT2D eigenvalue weighted by Crippen LogP contribution is 2.06. The normalized spacial score (nSPS) is 13.8. The molecule has 17 heteroatoms. The highest BCUT2D eigenvalue weighted by atomic mass is 32.2. The lowest BCUT2D eigenvalue weighted by Crippen LogP contribution is -2.57. The Morgan fingerprint density at radius 3 is 1.92 bits per heavy atom. The van der Waals surface area contributed by atoms with Crippen molar-refractivity contribution in [3.05, 3.63) is 0 Å². The summed E-state index contributed by atoms with van der Waals surface area (Å²) in [5.74, 6) is -5.95. The van der Waals surface area contributed by atoms with Gasteiger partial charge in [0.2, 0.25) is 23.6 Å². The number of primary amides is 1. The largest absolute Gasteiger partial charge is 0.481 e. The maximum Gasteiger partial charge on any atom is 0.326 e. The van der Waals surface area contributed by atoms with Gasteiger partial charge in [-0.15, -0.1) is 0 Å². The summed E-state index contributed by atoms with van der Waals surface area (Å²) in [7, 11) is 0. The van der Waals surface area contributed by atoms with E-state index in [2.05, 4.69) is 20.9 Å². The number of hydrogen-bond donors (Lipinski definition) is 9. The second-order valence-corrected chi connectivity index (χ2v) is 8.95. The minimum atomic E-state index is -1.57. The van der Waals surface area contributed by atoms with Crippen LogP contribution in [0.5, 0.6) is 0 Å². The fourth-order valence-corrected chi connectivity index (χ4v) is 3.38. The van der Waals surface area contributed by atoms with Crippen LogP contribution in [0.2, 0.25) is 0 Å². The van der Waals surface area contributed by atoms with Crippen LogP contribution in [0.1, 0.15) is 38.5 Å². The summed E-state index contributed by atoms with van der Waals surface area (Å²) < 4.78 is 0. The maximum atomic E-state index is 12.8. The van der Waals surface area contributed by atoms with Gasteiger partial charge in [0.1, 0.15) is 18.1 Å². The summed E-state index contributed by atoms with van der Waals surface area (Å²) in [5.41, 5.74) is 21.3. The zero-order chi connectivity index (χ0) is 28.5. The number of carbonyl (C=O) groups is 6. The second-order valence-electron chi connectivity index (χ2n) is 7.96. The average Bonchev–Trinajstić information content (AvgIpc) is 2.80. The Bertz CT molecular complexity index is 852. The van der Waals surface area contributed by atoms with Crippen LogP contribution in [0.25, 0.3) is 0 Å². The Kier molecular flexibility index (Phi) is 16.0. The third kappa shape index (κ3) is 15.2. The molecular formula is C20H36N8O8S. The van der Waals surface area contributed by atoms with Crippen molar-refractivity contribution < 1.29 is 39.0 Å². The summed E-state index contributed by atoms with van der Waals surface area (Å²) >= 11 is 1.34. The monoisotopic (exact) mass is 548 g/mol. The number of amides is 4. The fourth-order valence-electron chi connectivity index (χ4n) is 2.91. The zero-order valence-electron chi connectivity index (χ0n) is 20.5. The minimum Gasteiger partial charge on any atom is -0.481 e. The van der Waals surface area contributed by atoms with Crippen LogP contribution in [0.15, 0.2) is 4.99 Å². The number of thioether (sulfide) groups is 1. The van der Waals surface area contributed by atoms with Gasteiger partial charge in [-0.1, -0.05) is 0 Å². The van der Waals surface area contributed by atoms with Gasteiger partial charge in [-0.25, -0.2) is 4.79 Å². The zero-order valence-corrected chi connectivity index (χ0v) is 21.3. The summed E-state index contributed by atoms with van der Waals surface area (Å²) in [4.78, 5) is 75.5. The molecule has 0 aromatic rings. The summed E-state index contributed by atoms with van der Waals surface area (Å²) in [6.07, 6.45) is 0.941. The third-order valence-electron chi connectivity index (χ3n) is 4.85. The molecule has 0 spiro atoms. The molecule has 4 amide bonds. The topological polar surface area (TPSA) is 295 Å². The van der Waals surface area contributed by atoms with Gasteiger partial charge in [0.15, 0.2) is 5.96 Å². The number of carboxylic acid groups (broad SMARTS) is 2. The number of guanidine groups is 1. The summed E-state index contributed by atoms with van der Waals surface area (Å²) in [6, 6.07) is -5.35. The Balaban J connectivity index is 5.40. The first-order valence-corrected chi connectivity index (χ1v) is 12.6. The van der Waals surface area contributed by atoms with Gasteiger partial charge in [0.25, 0.3) is 0 Å². The van der Waals surface area contributed by atoms with Crippen molar-refractivity contribution in [1.29, 1.82) is 0 Å². The number of nitrogens with two attached hydrogens (primary N) is 4. The van der Waals surface area contributed by atoms with Crippen LogP contribution in [-0.4, -0.2) is 94.5 Å². The van der Waals surface area contributed by atoms with Crippen molar-refractivity contribution in [3.8, 4) is 0 Å². The van der Waals surface area contributed by atoms with Crippen molar-refractivity contribution in [2.45, 2.75) is 62.7 Å². The van der Waals surface area contributed by atoms with Crippen LogP contribution in [0.4, 0.5) is 0 Å². The van der Waals surface area contributed by atoms with Gasteiger partial charge < -0.3 is 49.1 Å². The lowest BCUT2D eigenvalue weighted by atomic mass is 10.1. The summed E-state index contributed by atoms with van der Waals surface area (Å²) in [6.45, 7) is 0.214. The van der Waals surface area contributed by atoms with Crippen molar-refractivity contribution in [3.63, 3.8) is 0 Å². The van der Waals surface area contributed by atoms with Gasteiger partial charge in [-0.05, 0) is 37.7 Å². The van der Waals surface area contributed by atoms with Gasteiger partial charge >= 0.3 is 11.9 Å². The van der Waals surface area contributed by atoms with Crippen molar-refractivity contribution in [2.75, 3.05) is 18.6 Å². The molecule has 4 unspecified atom stereocenters. The van der Waals surface area contributed by atoms with Crippen LogP contribution in [0, 0.1) is 0 Å². The number of aliphatic imine (C=N–C) groups is 1. The smallest absolute Gasteiger partial charge is 0.326 e. The average molecular weight is 549 g/mol. The van der Waals surface area contributed by atoms with E-state index in [9.17, 15) is 39.0 Å². The molecule has 0 aromatic heterocycles. The minimum absolute atomic E-state index is 0.0684. The predicted molar refractivity (Wildman–Crippen MR) is 135 cm³/mol. The number of rotatable bonds is 19. The van der Waals surface area contributed by atoms with Crippen LogP contribution < -0.4 is 38.9 Å². The molecular weight excluding hydrogens is 512 g/mol. The standard InChI is InChI=1S/C20H36N8O8S/c1-37-8-6-11(17(33)27-12(19(35)36)4-5-14(22)29)26-18(34)13(9-15(30)31)28-16(32)10(21)3-2-7-25-20(23)24/h10-13H,2-9,21H2,1H3,(H2,22,29)(H,26,34)(H,27,33)(H,28,32)(H,30,31)(H,35,36)(H4,23,24,25). The SMILES string of the molecule is CSCCC(NC(=O)C(CC(=O)O)NC(=O)C(N)CCCN=C(N)N)C(=O)NC(CCC(N)=O)C(=O)O. The molecule has 16 nitrogen and oxygen atoms in total. The van der Waals surface area contributed by atoms with E-state index in [0.29, 0.717) is 12.2 Å². The molecule has 4 atom stereocenters. The lowest BCUT2D eigenvalue weighted by molar-refractivity contribution is -0.143. The molecule has 210 valence electrons. The van der Waals surface area contributed by atoms with E-state index in [1.54, 1.807) is 6.26 Å². The predicted octanol–water partition coefficient (Wildman–Crippen LogP) is -3.60. The van der Waals surface area contributed by atoms with Gasteiger partial charge in [0, 0.05) is 13.0 Å². The Hall–Kier alpha value is -3.60. The molecule has 0 saturated carbocycles. The van der Waals surface area contributed by atoms with Crippen LogP contribution in [0.3, 0.4) is 0 Å².